The summed E-state index contributed by atoms with van der Waals surface area (Å²) in [5.74, 6) is 0.960. The van der Waals surface area contributed by atoms with E-state index < -0.39 is 0 Å². The van der Waals surface area contributed by atoms with Crippen LogP contribution in [0, 0.1) is 5.82 Å². The largest absolute Gasteiger partial charge is 0.497 e. The Bertz CT molecular complexity index is 600. The van der Waals surface area contributed by atoms with Crippen LogP contribution in [-0.4, -0.2) is 26.3 Å². The van der Waals surface area contributed by atoms with E-state index in [9.17, 15) is 9.18 Å². The number of carbonyl (C=O) groups is 1. The molecule has 2 aromatic rings. The molecular weight excluding hydrogens is 287 g/mol. The maximum atomic E-state index is 12.7. The van der Waals surface area contributed by atoms with Crippen molar-refractivity contribution in [3.63, 3.8) is 0 Å². The molecule has 6 heteroatoms. The summed E-state index contributed by atoms with van der Waals surface area (Å²) in [5, 5.41) is 5.35. The highest BCUT2D eigenvalue weighted by atomic mass is 19.1. The number of methoxy groups -OCH3 is 1. The number of hydrogen-bond donors (Lipinski definition) is 2. The summed E-state index contributed by atoms with van der Waals surface area (Å²) >= 11 is 0. The van der Waals surface area contributed by atoms with E-state index >= 15 is 0 Å². The Hall–Kier alpha value is -2.76. The van der Waals surface area contributed by atoms with Gasteiger partial charge in [0.2, 0.25) is 0 Å². The number of hydrogen-bond acceptors (Lipinski definition) is 3. The average Bonchev–Trinajstić information content (AvgIpc) is 2.54. The first-order valence-corrected chi connectivity index (χ1v) is 6.74. The van der Waals surface area contributed by atoms with Crippen LogP contribution < -0.4 is 20.1 Å². The van der Waals surface area contributed by atoms with E-state index in [2.05, 4.69) is 10.6 Å². The highest BCUT2D eigenvalue weighted by Crippen LogP contribution is 2.14. The van der Waals surface area contributed by atoms with Gasteiger partial charge in [0.25, 0.3) is 0 Å². The second-order valence-electron chi connectivity index (χ2n) is 4.41. The lowest BCUT2D eigenvalue weighted by molar-refractivity contribution is 0.247. The minimum absolute atomic E-state index is 0.293. The molecule has 2 amide bonds. The summed E-state index contributed by atoms with van der Waals surface area (Å²) in [4.78, 5) is 11.7. The van der Waals surface area contributed by atoms with Crippen LogP contribution in [0.5, 0.6) is 11.5 Å². The highest BCUT2D eigenvalue weighted by Gasteiger charge is 2.01. The lowest BCUT2D eigenvalue weighted by atomic mass is 10.3. The van der Waals surface area contributed by atoms with Crippen molar-refractivity contribution in [3.05, 3.63) is 54.3 Å². The third-order valence-corrected chi connectivity index (χ3v) is 2.82. The molecule has 0 aromatic heterocycles. The minimum atomic E-state index is -0.326. The molecule has 0 aliphatic carbocycles. The summed E-state index contributed by atoms with van der Waals surface area (Å²) in [6.45, 7) is 0.626. The SMILES string of the molecule is COc1ccc(NC(=O)NCCOc2ccc(F)cc2)cc1. The molecule has 0 aliphatic heterocycles. The Labute approximate surface area is 128 Å². The van der Waals surface area contributed by atoms with Gasteiger partial charge in [-0.1, -0.05) is 0 Å². The molecule has 0 fully saturated rings. The third-order valence-electron chi connectivity index (χ3n) is 2.82. The van der Waals surface area contributed by atoms with Crippen molar-refractivity contribution < 1.29 is 18.7 Å². The van der Waals surface area contributed by atoms with Crippen LogP contribution in [0.15, 0.2) is 48.5 Å². The summed E-state index contributed by atoms with van der Waals surface area (Å²) < 4.78 is 23.1. The molecule has 2 aromatic carbocycles. The average molecular weight is 304 g/mol. The fourth-order valence-corrected chi connectivity index (χ4v) is 1.71. The van der Waals surface area contributed by atoms with E-state index in [1.54, 1.807) is 31.4 Å². The van der Waals surface area contributed by atoms with Crippen LogP contribution in [0.1, 0.15) is 0 Å². The first-order chi connectivity index (χ1) is 10.7. The Balaban J connectivity index is 1.67. The van der Waals surface area contributed by atoms with Gasteiger partial charge in [-0.3, -0.25) is 0 Å². The minimum Gasteiger partial charge on any atom is -0.497 e. The molecule has 0 bridgehead atoms. The Kier molecular flexibility index (Phi) is 5.59. The van der Waals surface area contributed by atoms with E-state index in [0.29, 0.717) is 24.6 Å². The number of benzene rings is 2. The first kappa shape index (κ1) is 15.6. The zero-order valence-corrected chi connectivity index (χ0v) is 12.1. The van der Waals surface area contributed by atoms with Crippen molar-refractivity contribution in [1.82, 2.24) is 5.32 Å². The summed E-state index contributed by atoms with van der Waals surface area (Å²) in [5.41, 5.74) is 0.665. The van der Waals surface area contributed by atoms with Gasteiger partial charge >= 0.3 is 6.03 Å². The third kappa shape index (κ3) is 4.97. The Morgan fingerprint density at radius 3 is 2.32 bits per heavy atom. The van der Waals surface area contributed by atoms with Crippen molar-refractivity contribution in [1.29, 1.82) is 0 Å². The lowest BCUT2D eigenvalue weighted by Gasteiger charge is -2.09. The lowest BCUT2D eigenvalue weighted by Crippen LogP contribution is -2.32. The van der Waals surface area contributed by atoms with Crippen molar-refractivity contribution >= 4 is 11.7 Å². The summed E-state index contributed by atoms with van der Waals surface area (Å²) in [6.07, 6.45) is 0. The molecule has 116 valence electrons. The number of rotatable bonds is 6. The predicted molar refractivity (Wildman–Crippen MR) is 81.9 cm³/mol. The highest BCUT2D eigenvalue weighted by molar-refractivity contribution is 5.89. The predicted octanol–water partition coefficient (Wildman–Crippen LogP) is 3.03. The molecule has 0 saturated carbocycles. The molecule has 0 heterocycles. The second-order valence-corrected chi connectivity index (χ2v) is 4.41. The van der Waals surface area contributed by atoms with Crippen LogP contribution >= 0.6 is 0 Å². The summed E-state index contributed by atoms with van der Waals surface area (Å²) in [7, 11) is 1.58. The van der Waals surface area contributed by atoms with E-state index in [1.165, 1.54) is 24.3 Å². The monoisotopic (exact) mass is 304 g/mol. The van der Waals surface area contributed by atoms with Gasteiger partial charge < -0.3 is 20.1 Å². The topological polar surface area (TPSA) is 59.6 Å². The number of nitrogens with one attached hydrogen (secondary N) is 2. The van der Waals surface area contributed by atoms with Gasteiger partial charge in [-0.25, -0.2) is 9.18 Å². The van der Waals surface area contributed by atoms with Crippen LogP contribution in [0.3, 0.4) is 0 Å². The standard InChI is InChI=1S/C16H17FN2O3/c1-21-14-8-4-13(5-9-14)19-16(20)18-10-11-22-15-6-2-12(17)3-7-15/h2-9H,10-11H2,1H3,(H2,18,19,20). The molecule has 2 rings (SSSR count). The van der Waals surface area contributed by atoms with Crippen LogP contribution in [0.2, 0.25) is 0 Å². The van der Waals surface area contributed by atoms with Crippen LogP contribution in [-0.2, 0) is 0 Å². The molecule has 2 N–H and O–H groups in total. The van der Waals surface area contributed by atoms with Gasteiger partial charge in [0.15, 0.2) is 0 Å². The van der Waals surface area contributed by atoms with Gasteiger partial charge in [0.05, 0.1) is 13.7 Å². The smallest absolute Gasteiger partial charge is 0.319 e. The molecule has 5 nitrogen and oxygen atoms in total. The van der Waals surface area contributed by atoms with E-state index in [1.807, 2.05) is 0 Å². The molecular formula is C16H17FN2O3. The molecule has 22 heavy (non-hydrogen) atoms. The zero-order valence-electron chi connectivity index (χ0n) is 12.1. The normalized spacial score (nSPS) is 9.91. The van der Waals surface area contributed by atoms with Crippen molar-refractivity contribution in [3.8, 4) is 11.5 Å². The molecule has 0 atom stereocenters. The van der Waals surface area contributed by atoms with Gasteiger partial charge in [0.1, 0.15) is 23.9 Å². The van der Waals surface area contributed by atoms with E-state index in [0.717, 1.165) is 5.75 Å². The number of halogens is 1. The van der Waals surface area contributed by atoms with Crippen molar-refractivity contribution in [2.24, 2.45) is 0 Å². The maximum Gasteiger partial charge on any atom is 0.319 e. The van der Waals surface area contributed by atoms with Gasteiger partial charge in [-0.05, 0) is 48.5 Å². The number of urea groups is 1. The Morgan fingerprint density at radius 2 is 1.68 bits per heavy atom. The molecule has 0 aliphatic rings. The second kappa shape index (κ2) is 7.87. The van der Waals surface area contributed by atoms with Crippen molar-refractivity contribution in [2.75, 3.05) is 25.6 Å². The van der Waals surface area contributed by atoms with Gasteiger partial charge in [-0.15, -0.1) is 0 Å². The number of ether oxygens (including phenoxy) is 2. The molecule has 0 saturated heterocycles. The van der Waals surface area contributed by atoms with Gasteiger partial charge in [0, 0.05) is 5.69 Å². The number of amides is 2. The van der Waals surface area contributed by atoms with Crippen LogP contribution in [0.25, 0.3) is 0 Å². The fraction of sp³-hybridized carbons (Fsp3) is 0.188. The molecule has 0 spiro atoms. The molecule has 0 radical (unpaired) electrons. The first-order valence-electron chi connectivity index (χ1n) is 6.74. The Morgan fingerprint density at radius 1 is 1.05 bits per heavy atom. The van der Waals surface area contributed by atoms with E-state index in [-0.39, 0.29) is 11.8 Å². The quantitative estimate of drug-likeness (QED) is 0.806. The number of anilines is 1. The van der Waals surface area contributed by atoms with E-state index in [4.69, 9.17) is 9.47 Å². The number of carbonyl (C=O) groups excluding carboxylic acids is 1. The zero-order chi connectivity index (χ0) is 15.8. The molecule has 0 unspecified atom stereocenters. The fourth-order valence-electron chi connectivity index (χ4n) is 1.71. The summed E-state index contributed by atoms with van der Waals surface area (Å²) in [6, 6.07) is 12.4. The van der Waals surface area contributed by atoms with Crippen LogP contribution in [0.4, 0.5) is 14.9 Å². The van der Waals surface area contributed by atoms with Gasteiger partial charge in [-0.2, -0.15) is 0 Å². The van der Waals surface area contributed by atoms with Crippen molar-refractivity contribution in [2.45, 2.75) is 0 Å². The maximum absolute atomic E-state index is 12.7.